The molecule has 3 N–H and O–H groups in total. The van der Waals surface area contributed by atoms with Crippen LogP contribution in [-0.2, 0) is 25.8 Å². The molecule has 0 aromatic heterocycles. The number of sulfonamides is 1. The molecule has 7 nitrogen and oxygen atoms in total. The number of carbonyl (C=O) groups is 2. The zero-order valence-electron chi connectivity index (χ0n) is 13.1. The maximum Gasteiger partial charge on any atom is 0.416 e. The molecule has 25 heavy (non-hydrogen) atoms. The average molecular weight is 382 g/mol. The average Bonchev–Trinajstić information content (AvgIpc) is 2.50. The molecule has 0 bridgehead atoms. The van der Waals surface area contributed by atoms with Crippen molar-refractivity contribution in [3.8, 4) is 0 Å². The van der Waals surface area contributed by atoms with E-state index < -0.39 is 51.1 Å². The summed E-state index contributed by atoms with van der Waals surface area (Å²) in [4.78, 5) is 21.4. The highest BCUT2D eigenvalue weighted by molar-refractivity contribution is 7.89. The van der Waals surface area contributed by atoms with Crippen molar-refractivity contribution < 1.29 is 36.3 Å². The second-order valence-electron chi connectivity index (χ2n) is 5.25. The fraction of sp³-hybridized carbons (Fsp3) is 0.429. The largest absolute Gasteiger partial charge is 0.481 e. The molecule has 1 aromatic rings. The summed E-state index contributed by atoms with van der Waals surface area (Å²) in [6, 6.07) is 2.63. The second kappa shape index (κ2) is 8.30. The van der Waals surface area contributed by atoms with Crippen LogP contribution in [-0.4, -0.2) is 38.0 Å². The van der Waals surface area contributed by atoms with E-state index >= 15 is 0 Å². The molecular formula is C14H17F3N2O5S. The molecule has 0 fully saturated rings. The van der Waals surface area contributed by atoms with Crippen molar-refractivity contribution in [2.45, 2.75) is 36.9 Å². The number of benzene rings is 1. The lowest BCUT2D eigenvalue weighted by atomic mass is 10.2. The van der Waals surface area contributed by atoms with Gasteiger partial charge < -0.3 is 10.4 Å². The molecule has 140 valence electrons. The van der Waals surface area contributed by atoms with Gasteiger partial charge in [0.1, 0.15) is 0 Å². The van der Waals surface area contributed by atoms with E-state index in [1.807, 2.05) is 4.72 Å². The van der Waals surface area contributed by atoms with Gasteiger partial charge in [0.25, 0.3) is 0 Å². The predicted octanol–water partition coefficient (Wildman–Crippen LogP) is 1.35. The summed E-state index contributed by atoms with van der Waals surface area (Å²) in [6.07, 6.45) is -4.71. The molecule has 0 aliphatic rings. The van der Waals surface area contributed by atoms with E-state index in [0.29, 0.717) is 6.07 Å². The van der Waals surface area contributed by atoms with Crippen LogP contribution in [0.1, 0.15) is 25.3 Å². The van der Waals surface area contributed by atoms with Crippen molar-refractivity contribution in [3.05, 3.63) is 29.8 Å². The second-order valence-corrected chi connectivity index (χ2v) is 7.02. The fourth-order valence-electron chi connectivity index (χ4n) is 1.82. The Kier molecular flexibility index (Phi) is 6.94. The van der Waals surface area contributed by atoms with Gasteiger partial charge in [0.2, 0.25) is 15.9 Å². The van der Waals surface area contributed by atoms with Gasteiger partial charge in [-0.15, -0.1) is 0 Å². The Bertz CT molecular complexity index is 734. The number of rotatable bonds is 8. The molecule has 0 spiro atoms. The van der Waals surface area contributed by atoms with E-state index in [0.717, 1.165) is 18.2 Å². The topological polar surface area (TPSA) is 113 Å². The lowest BCUT2D eigenvalue weighted by molar-refractivity contribution is -0.138. The van der Waals surface area contributed by atoms with Gasteiger partial charge in [-0.25, -0.2) is 13.1 Å². The minimum Gasteiger partial charge on any atom is -0.481 e. The summed E-state index contributed by atoms with van der Waals surface area (Å²) in [5.41, 5.74) is -1.12. The minimum absolute atomic E-state index is 0.154. The van der Waals surface area contributed by atoms with Crippen molar-refractivity contribution >= 4 is 21.9 Å². The van der Waals surface area contributed by atoms with Gasteiger partial charge in [-0.1, -0.05) is 6.07 Å². The number of amides is 1. The van der Waals surface area contributed by atoms with Gasteiger partial charge in [-0.05, 0) is 31.5 Å². The minimum atomic E-state index is -4.69. The molecule has 1 aromatic carbocycles. The number of hydrogen-bond donors (Lipinski definition) is 3. The predicted molar refractivity (Wildman–Crippen MR) is 81.1 cm³/mol. The molecule has 0 heterocycles. The fourth-order valence-corrected chi connectivity index (χ4v) is 2.85. The summed E-state index contributed by atoms with van der Waals surface area (Å²) >= 11 is 0. The van der Waals surface area contributed by atoms with Gasteiger partial charge in [-0.2, -0.15) is 13.2 Å². The van der Waals surface area contributed by atoms with Crippen LogP contribution in [0.15, 0.2) is 29.2 Å². The van der Waals surface area contributed by atoms with Crippen LogP contribution in [0.25, 0.3) is 0 Å². The van der Waals surface area contributed by atoms with Crippen LogP contribution in [0.4, 0.5) is 13.2 Å². The quantitative estimate of drug-likeness (QED) is 0.628. The summed E-state index contributed by atoms with van der Waals surface area (Å²) in [7, 11) is -4.30. The Balaban J connectivity index is 2.67. The number of alkyl halides is 3. The SMILES string of the molecule is CC(CCC(=O)O)NC(=O)CNS(=O)(=O)c1cccc(C(F)(F)F)c1. The normalized spacial score (nSPS) is 13.3. The van der Waals surface area contributed by atoms with Crippen molar-refractivity contribution in [1.82, 2.24) is 10.0 Å². The molecule has 1 amide bonds. The Labute approximate surface area is 142 Å². The first-order valence-corrected chi connectivity index (χ1v) is 8.58. The standard InChI is InChI=1S/C14H17F3N2O5S/c1-9(5-6-13(21)22)19-12(20)8-18-25(23,24)11-4-2-3-10(7-11)14(15,16)17/h2-4,7,9,18H,5-6,8H2,1H3,(H,19,20)(H,21,22). The zero-order valence-corrected chi connectivity index (χ0v) is 13.9. The van der Waals surface area contributed by atoms with Crippen molar-refractivity contribution in [1.29, 1.82) is 0 Å². The molecule has 0 radical (unpaired) electrons. The van der Waals surface area contributed by atoms with Crippen molar-refractivity contribution in [3.63, 3.8) is 0 Å². The maximum atomic E-state index is 12.6. The van der Waals surface area contributed by atoms with E-state index in [1.165, 1.54) is 0 Å². The molecule has 1 atom stereocenters. The Morgan fingerprint density at radius 2 is 1.92 bits per heavy atom. The highest BCUT2D eigenvalue weighted by atomic mass is 32.2. The van der Waals surface area contributed by atoms with Gasteiger partial charge >= 0.3 is 12.1 Å². The van der Waals surface area contributed by atoms with E-state index in [-0.39, 0.29) is 12.8 Å². The molecule has 0 aliphatic carbocycles. The van der Waals surface area contributed by atoms with Crippen LogP contribution in [0.5, 0.6) is 0 Å². The number of carboxylic acids is 1. The summed E-state index contributed by atoms with van der Waals surface area (Å²) < 4.78 is 63.7. The van der Waals surface area contributed by atoms with Crippen molar-refractivity contribution in [2.24, 2.45) is 0 Å². The first-order valence-electron chi connectivity index (χ1n) is 7.10. The molecular weight excluding hydrogens is 365 g/mol. The highest BCUT2D eigenvalue weighted by Gasteiger charge is 2.31. The number of carbonyl (C=O) groups excluding carboxylic acids is 1. The zero-order chi connectivity index (χ0) is 19.3. The van der Waals surface area contributed by atoms with Crippen LogP contribution >= 0.6 is 0 Å². The van der Waals surface area contributed by atoms with Crippen LogP contribution < -0.4 is 10.0 Å². The lowest BCUT2D eigenvalue weighted by Crippen LogP contribution is -2.41. The van der Waals surface area contributed by atoms with Crippen molar-refractivity contribution in [2.75, 3.05) is 6.54 Å². The third kappa shape index (κ3) is 7.10. The molecule has 1 unspecified atom stereocenters. The molecule has 1 rings (SSSR count). The smallest absolute Gasteiger partial charge is 0.416 e. The highest BCUT2D eigenvalue weighted by Crippen LogP contribution is 2.30. The lowest BCUT2D eigenvalue weighted by Gasteiger charge is -2.14. The van der Waals surface area contributed by atoms with Gasteiger partial charge in [-0.3, -0.25) is 9.59 Å². The number of nitrogens with one attached hydrogen (secondary N) is 2. The number of carboxylic acid groups (broad SMARTS) is 1. The monoisotopic (exact) mass is 382 g/mol. The maximum absolute atomic E-state index is 12.6. The van der Waals surface area contributed by atoms with Gasteiger partial charge in [0, 0.05) is 12.5 Å². The molecule has 0 saturated carbocycles. The first-order chi connectivity index (χ1) is 11.4. The summed E-state index contributed by atoms with van der Waals surface area (Å²) in [5.74, 6) is -1.76. The third-order valence-corrected chi connectivity index (χ3v) is 4.49. The van der Waals surface area contributed by atoms with Crippen LogP contribution in [0.3, 0.4) is 0 Å². The summed E-state index contributed by atoms with van der Waals surface area (Å²) in [5, 5.41) is 10.9. The Morgan fingerprint density at radius 3 is 2.48 bits per heavy atom. The number of aliphatic carboxylic acids is 1. The van der Waals surface area contributed by atoms with E-state index in [9.17, 15) is 31.2 Å². The Hall–Kier alpha value is -2.14. The van der Waals surface area contributed by atoms with Gasteiger partial charge in [0.05, 0.1) is 17.0 Å². The third-order valence-electron chi connectivity index (χ3n) is 3.09. The summed E-state index contributed by atoms with van der Waals surface area (Å²) in [6.45, 7) is 0.859. The first kappa shape index (κ1) is 20.9. The van der Waals surface area contributed by atoms with E-state index in [1.54, 1.807) is 6.92 Å². The number of hydrogen-bond acceptors (Lipinski definition) is 4. The van der Waals surface area contributed by atoms with E-state index in [2.05, 4.69) is 5.32 Å². The van der Waals surface area contributed by atoms with Gasteiger partial charge in [0.15, 0.2) is 0 Å². The molecule has 0 aliphatic heterocycles. The number of halogens is 3. The Morgan fingerprint density at radius 1 is 1.28 bits per heavy atom. The van der Waals surface area contributed by atoms with E-state index in [4.69, 9.17) is 5.11 Å². The van der Waals surface area contributed by atoms with Crippen LogP contribution in [0.2, 0.25) is 0 Å². The molecule has 11 heteroatoms. The van der Waals surface area contributed by atoms with Crippen LogP contribution in [0, 0.1) is 0 Å². The molecule has 0 saturated heterocycles.